The molecule has 5 heteroatoms. The Morgan fingerprint density at radius 3 is 2.61 bits per heavy atom. The average Bonchev–Trinajstić information content (AvgIpc) is 2.89. The monoisotopic (exact) mass is 309 g/mol. The number of carbonyl (C=O) groups is 1. The molecule has 1 aromatic carbocycles. The van der Waals surface area contributed by atoms with Gasteiger partial charge in [0.25, 0.3) is 0 Å². The number of benzene rings is 1. The summed E-state index contributed by atoms with van der Waals surface area (Å²) in [7, 11) is 2.04. The molecule has 23 heavy (non-hydrogen) atoms. The highest BCUT2D eigenvalue weighted by atomic mass is 16.4. The van der Waals surface area contributed by atoms with E-state index in [1.807, 2.05) is 54.9 Å². The second-order valence-corrected chi connectivity index (χ2v) is 5.88. The van der Waals surface area contributed by atoms with Crippen molar-refractivity contribution in [3.8, 4) is 0 Å². The van der Waals surface area contributed by atoms with Crippen molar-refractivity contribution in [2.75, 3.05) is 7.05 Å². The minimum absolute atomic E-state index is 0.0340. The molecule has 0 aliphatic rings. The van der Waals surface area contributed by atoms with E-state index in [4.69, 9.17) is 0 Å². The van der Waals surface area contributed by atoms with Crippen LogP contribution in [-0.4, -0.2) is 22.4 Å². The molecular weight excluding hydrogens is 290 g/mol. The first kappa shape index (κ1) is 15.2. The van der Waals surface area contributed by atoms with Gasteiger partial charge in [-0.15, -0.1) is 0 Å². The van der Waals surface area contributed by atoms with Crippen LogP contribution in [0.3, 0.4) is 0 Å². The number of carboxylic acid groups (broad SMARTS) is 1. The highest BCUT2D eigenvalue weighted by Crippen LogP contribution is 2.15. The second-order valence-electron chi connectivity index (χ2n) is 5.88. The molecule has 1 atom stereocenters. The van der Waals surface area contributed by atoms with Crippen LogP contribution in [0.4, 0.5) is 0 Å². The fourth-order valence-corrected chi connectivity index (χ4v) is 2.88. The normalized spacial score (nSPS) is 12.4. The van der Waals surface area contributed by atoms with Crippen molar-refractivity contribution in [1.29, 1.82) is 0 Å². The number of hydrogen-bond acceptors (Lipinski definition) is 3. The number of quaternary nitrogens is 1. The summed E-state index contributed by atoms with van der Waals surface area (Å²) in [5.41, 5.74) is 3.55. The van der Waals surface area contributed by atoms with Crippen LogP contribution in [0.15, 0.2) is 48.7 Å². The Balaban J connectivity index is 1.94. The third-order valence-electron chi connectivity index (χ3n) is 3.96. The molecule has 1 N–H and O–H groups in total. The predicted molar refractivity (Wildman–Crippen MR) is 85.0 cm³/mol. The molecule has 1 unspecified atom stereocenters. The van der Waals surface area contributed by atoms with Crippen LogP contribution in [0.5, 0.6) is 0 Å². The Hall–Kier alpha value is -2.66. The number of fused-ring (bicyclic) bond motifs is 1. The van der Waals surface area contributed by atoms with Crippen molar-refractivity contribution < 1.29 is 14.8 Å². The van der Waals surface area contributed by atoms with Crippen molar-refractivity contribution in [3.05, 3.63) is 71.2 Å². The van der Waals surface area contributed by atoms with Crippen LogP contribution in [0, 0.1) is 6.92 Å². The minimum atomic E-state index is -1.23. The van der Waals surface area contributed by atoms with Crippen LogP contribution >= 0.6 is 0 Å². The van der Waals surface area contributed by atoms with Gasteiger partial charge in [0.2, 0.25) is 0 Å². The number of aromatic nitrogens is 2. The van der Waals surface area contributed by atoms with Gasteiger partial charge in [0, 0.05) is 11.8 Å². The smallest absolute Gasteiger partial charge is 0.140 e. The maximum atomic E-state index is 11.4. The standard InChI is InChI=1S/C18H19N3O2/c1-13-7-6-10-21-15(16(18(22)23)19-17(13)21)12-20(2)11-14-8-4-3-5-9-14/h3-10H,11-12H2,1-2H3,(H,22,23). The summed E-state index contributed by atoms with van der Waals surface area (Å²) in [6.07, 6.45) is 1.85. The van der Waals surface area contributed by atoms with Crippen LogP contribution in [-0.2, 0) is 13.1 Å². The number of imidazole rings is 1. The Morgan fingerprint density at radius 2 is 1.91 bits per heavy atom. The zero-order valence-electron chi connectivity index (χ0n) is 13.2. The van der Waals surface area contributed by atoms with Crippen LogP contribution in [0.25, 0.3) is 5.65 Å². The minimum Gasteiger partial charge on any atom is -0.543 e. The van der Waals surface area contributed by atoms with E-state index >= 15 is 0 Å². The van der Waals surface area contributed by atoms with Crippen LogP contribution < -0.4 is 10.0 Å². The maximum absolute atomic E-state index is 11.4. The second kappa shape index (κ2) is 6.22. The molecule has 2 aromatic heterocycles. The zero-order valence-corrected chi connectivity index (χ0v) is 13.2. The fourth-order valence-electron chi connectivity index (χ4n) is 2.88. The van der Waals surface area contributed by atoms with Gasteiger partial charge in [0.1, 0.15) is 30.1 Å². The SMILES string of the molecule is Cc1cccn2c(C[NH+](C)Cc3ccccc3)c(C(=O)[O-])nc12. The molecule has 5 nitrogen and oxygen atoms in total. The summed E-state index contributed by atoms with van der Waals surface area (Å²) in [6, 6.07) is 14.0. The van der Waals surface area contributed by atoms with E-state index in [1.54, 1.807) is 0 Å². The molecule has 0 bridgehead atoms. The Labute approximate surface area is 134 Å². The predicted octanol–water partition coefficient (Wildman–Crippen LogP) is 0.221. The first-order valence-electron chi connectivity index (χ1n) is 7.59. The van der Waals surface area contributed by atoms with Gasteiger partial charge in [-0.25, -0.2) is 4.98 Å². The molecule has 3 aromatic rings. The molecule has 2 heterocycles. The Bertz CT molecular complexity index is 840. The molecule has 118 valence electrons. The van der Waals surface area contributed by atoms with E-state index < -0.39 is 5.97 Å². The Kier molecular flexibility index (Phi) is 4.12. The third-order valence-corrected chi connectivity index (χ3v) is 3.96. The van der Waals surface area contributed by atoms with Gasteiger partial charge >= 0.3 is 0 Å². The molecule has 0 aliphatic heterocycles. The highest BCUT2D eigenvalue weighted by Gasteiger charge is 2.18. The number of carbonyl (C=O) groups excluding carboxylic acids is 1. The van der Waals surface area contributed by atoms with Crippen molar-refractivity contribution >= 4 is 11.6 Å². The van der Waals surface area contributed by atoms with Gasteiger partial charge in [-0.2, -0.15) is 0 Å². The Morgan fingerprint density at radius 1 is 1.17 bits per heavy atom. The summed E-state index contributed by atoms with van der Waals surface area (Å²) >= 11 is 0. The third kappa shape index (κ3) is 3.10. The molecule has 0 saturated heterocycles. The molecule has 0 spiro atoms. The summed E-state index contributed by atoms with van der Waals surface area (Å²) in [6.45, 7) is 3.29. The number of nitrogens with one attached hydrogen (secondary N) is 1. The average molecular weight is 309 g/mol. The van der Waals surface area contributed by atoms with E-state index in [2.05, 4.69) is 17.1 Å². The first-order valence-corrected chi connectivity index (χ1v) is 7.59. The lowest BCUT2D eigenvalue weighted by atomic mass is 10.2. The van der Waals surface area contributed by atoms with Crippen LogP contribution in [0.1, 0.15) is 27.3 Å². The zero-order chi connectivity index (χ0) is 16.4. The number of aryl methyl sites for hydroxylation is 1. The molecule has 0 fully saturated rings. The molecule has 0 amide bonds. The molecule has 0 radical (unpaired) electrons. The van der Waals surface area contributed by atoms with Crippen molar-refractivity contribution in [2.24, 2.45) is 0 Å². The van der Waals surface area contributed by atoms with E-state index in [0.29, 0.717) is 17.9 Å². The summed E-state index contributed by atoms with van der Waals surface area (Å²) in [4.78, 5) is 16.9. The lowest BCUT2D eigenvalue weighted by Gasteiger charge is -2.15. The number of aromatic carboxylic acids is 1. The quantitative estimate of drug-likeness (QED) is 0.733. The summed E-state index contributed by atoms with van der Waals surface area (Å²) in [5.74, 6) is -1.23. The fraction of sp³-hybridized carbons (Fsp3) is 0.222. The van der Waals surface area contributed by atoms with Gasteiger partial charge in [0.05, 0.1) is 13.0 Å². The van der Waals surface area contributed by atoms with Gasteiger partial charge in [-0.3, -0.25) is 4.40 Å². The van der Waals surface area contributed by atoms with Gasteiger partial charge in [-0.05, 0) is 18.6 Å². The van der Waals surface area contributed by atoms with E-state index in [0.717, 1.165) is 12.1 Å². The molecule has 0 saturated carbocycles. The lowest BCUT2D eigenvalue weighted by Crippen LogP contribution is -3.06. The van der Waals surface area contributed by atoms with E-state index in [1.165, 1.54) is 10.5 Å². The lowest BCUT2D eigenvalue weighted by molar-refractivity contribution is -0.908. The van der Waals surface area contributed by atoms with E-state index in [9.17, 15) is 9.90 Å². The first-order chi connectivity index (χ1) is 11.1. The van der Waals surface area contributed by atoms with Crippen molar-refractivity contribution in [2.45, 2.75) is 20.0 Å². The van der Waals surface area contributed by atoms with Crippen LogP contribution in [0.2, 0.25) is 0 Å². The van der Waals surface area contributed by atoms with Gasteiger partial charge in [-0.1, -0.05) is 36.4 Å². The number of rotatable bonds is 5. The summed E-state index contributed by atoms with van der Waals surface area (Å²) in [5, 5.41) is 11.4. The highest BCUT2D eigenvalue weighted by molar-refractivity contribution is 5.86. The maximum Gasteiger partial charge on any atom is 0.140 e. The van der Waals surface area contributed by atoms with E-state index in [-0.39, 0.29) is 5.69 Å². The molecule has 3 rings (SSSR count). The molecular formula is C18H19N3O2. The molecule has 0 aliphatic carbocycles. The number of hydrogen-bond donors (Lipinski definition) is 1. The number of nitrogens with zero attached hydrogens (tertiary/aromatic N) is 2. The van der Waals surface area contributed by atoms with Gasteiger partial charge in [0.15, 0.2) is 0 Å². The van der Waals surface area contributed by atoms with Crippen molar-refractivity contribution in [3.63, 3.8) is 0 Å². The van der Waals surface area contributed by atoms with Gasteiger partial charge < -0.3 is 14.8 Å². The largest absolute Gasteiger partial charge is 0.543 e. The number of pyridine rings is 1. The van der Waals surface area contributed by atoms with Crippen molar-refractivity contribution in [1.82, 2.24) is 9.38 Å². The topological polar surface area (TPSA) is 61.9 Å². The summed E-state index contributed by atoms with van der Waals surface area (Å²) < 4.78 is 1.86. The number of carboxylic acids is 1.